The van der Waals surface area contributed by atoms with Crippen LogP contribution in [0.15, 0.2) is 0 Å². The van der Waals surface area contributed by atoms with E-state index in [1.54, 1.807) is 11.8 Å². The summed E-state index contributed by atoms with van der Waals surface area (Å²) in [6, 6.07) is 0.0553. The van der Waals surface area contributed by atoms with Gasteiger partial charge in [0.05, 0.1) is 31.1 Å². The Morgan fingerprint density at radius 1 is 1.58 bits per heavy atom. The number of nitrogens with two attached hydrogens (primary N) is 1. The summed E-state index contributed by atoms with van der Waals surface area (Å²) in [6.07, 6.45) is 0.108. The number of methoxy groups -OCH3 is 1. The second-order valence-electron chi connectivity index (χ2n) is 5.20. The highest BCUT2D eigenvalue weighted by molar-refractivity contribution is 5.30. The number of ether oxygens (including phenoxy) is 2. The molecule has 2 N–H and O–H groups in total. The molecule has 1 aromatic heterocycles. The molecular formula is C13H24N4O2. The molecule has 0 spiro atoms. The lowest BCUT2D eigenvalue weighted by molar-refractivity contribution is -0.0405. The van der Waals surface area contributed by atoms with E-state index in [-0.39, 0.29) is 12.1 Å². The van der Waals surface area contributed by atoms with Gasteiger partial charge in [0.1, 0.15) is 0 Å². The lowest BCUT2D eigenvalue weighted by atomic mass is 10.1. The van der Waals surface area contributed by atoms with Crippen LogP contribution in [0.5, 0.6) is 5.88 Å². The van der Waals surface area contributed by atoms with Crippen molar-refractivity contribution in [3.63, 3.8) is 0 Å². The van der Waals surface area contributed by atoms with Crippen LogP contribution in [-0.4, -0.2) is 53.6 Å². The second-order valence-corrected chi connectivity index (χ2v) is 5.20. The zero-order valence-corrected chi connectivity index (χ0v) is 12.2. The SMILES string of the molecule is COc1c(CN2CCOC(C(C)N)C2)c(C)nn1C. The van der Waals surface area contributed by atoms with Crippen LogP contribution in [0.2, 0.25) is 0 Å². The third-order valence-corrected chi connectivity index (χ3v) is 3.63. The van der Waals surface area contributed by atoms with Crippen LogP contribution in [0, 0.1) is 6.92 Å². The molecule has 6 nitrogen and oxygen atoms in total. The maximum Gasteiger partial charge on any atom is 0.216 e. The van der Waals surface area contributed by atoms with Crippen LogP contribution < -0.4 is 10.5 Å². The summed E-state index contributed by atoms with van der Waals surface area (Å²) < 4.78 is 12.9. The second kappa shape index (κ2) is 5.90. The Morgan fingerprint density at radius 2 is 2.32 bits per heavy atom. The van der Waals surface area contributed by atoms with E-state index < -0.39 is 0 Å². The molecule has 2 rings (SSSR count). The summed E-state index contributed by atoms with van der Waals surface area (Å²) in [5.74, 6) is 0.835. The minimum absolute atomic E-state index is 0.0553. The highest BCUT2D eigenvalue weighted by Crippen LogP contribution is 2.23. The minimum Gasteiger partial charge on any atom is -0.481 e. The molecular weight excluding hydrogens is 244 g/mol. The Kier molecular flexibility index (Phi) is 4.44. The maximum atomic E-state index is 5.92. The van der Waals surface area contributed by atoms with Gasteiger partial charge in [0.25, 0.3) is 0 Å². The summed E-state index contributed by atoms with van der Waals surface area (Å²) in [5.41, 5.74) is 8.09. The molecule has 1 saturated heterocycles. The molecule has 1 aliphatic heterocycles. The third kappa shape index (κ3) is 3.08. The van der Waals surface area contributed by atoms with Crippen molar-refractivity contribution in [2.45, 2.75) is 32.5 Å². The van der Waals surface area contributed by atoms with Gasteiger partial charge in [0, 0.05) is 32.7 Å². The van der Waals surface area contributed by atoms with Gasteiger partial charge < -0.3 is 15.2 Å². The first-order valence-corrected chi connectivity index (χ1v) is 6.69. The van der Waals surface area contributed by atoms with Crippen LogP contribution in [-0.2, 0) is 18.3 Å². The van der Waals surface area contributed by atoms with E-state index in [4.69, 9.17) is 15.2 Å². The predicted octanol–water partition coefficient (Wildman–Crippen LogP) is 0.285. The van der Waals surface area contributed by atoms with Gasteiger partial charge in [-0.2, -0.15) is 5.10 Å². The molecule has 1 aromatic rings. The van der Waals surface area contributed by atoms with E-state index in [9.17, 15) is 0 Å². The molecule has 0 aliphatic carbocycles. The number of aryl methyl sites for hydroxylation is 2. The van der Waals surface area contributed by atoms with Gasteiger partial charge in [-0.15, -0.1) is 0 Å². The highest BCUT2D eigenvalue weighted by atomic mass is 16.5. The number of aromatic nitrogens is 2. The Morgan fingerprint density at radius 3 is 2.95 bits per heavy atom. The van der Waals surface area contributed by atoms with E-state index in [0.29, 0.717) is 0 Å². The van der Waals surface area contributed by atoms with E-state index in [1.165, 1.54) is 0 Å². The lowest BCUT2D eigenvalue weighted by Gasteiger charge is -2.34. The molecule has 2 heterocycles. The molecule has 0 saturated carbocycles. The van der Waals surface area contributed by atoms with E-state index in [1.807, 2.05) is 20.9 Å². The molecule has 0 amide bonds. The zero-order chi connectivity index (χ0) is 14.0. The molecule has 2 unspecified atom stereocenters. The fourth-order valence-corrected chi connectivity index (χ4v) is 2.54. The number of hydrogen-bond donors (Lipinski definition) is 1. The standard InChI is InChI=1S/C13H24N4O2/c1-9(14)12-8-17(5-6-19-12)7-11-10(2)15-16(3)13(11)18-4/h9,12H,5-8,14H2,1-4H3. The summed E-state index contributed by atoms with van der Waals surface area (Å²) in [5, 5.41) is 4.41. The van der Waals surface area contributed by atoms with Crippen molar-refractivity contribution in [1.29, 1.82) is 0 Å². The minimum atomic E-state index is 0.0553. The maximum absolute atomic E-state index is 5.92. The van der Waals surface area contributed by atoms with E-state index in [0.717, 1.165) is 43.4 Å². The molecule has 1 fully saturated rings. The van der Waals surface area contributed by atoms with Crippen LogP contribution in [0.4, 0.5) is 0 Å². The molecule has 108 valence electrons. The molecule has 0 aromatic carbocycles. The number of hydrogen-bond acceptors (Lipinski definition) is 5. The van der Waals surface area contributed by atoms with Crippen molar-refractivity contribution >= 4 is 0 Å². The van der Waals surface area contributed by atoms with Gasteiger partial charge in [-0.1, -0.05) is 0 Å². The largest absolute Gasteiger partial charge is 0.481 e. The first-order valence-electron chi connectivity index (χ1n) is 6.69. The van der Waals surface area contributed by atoms with Crippen LogP contribution in [0.1, 0.15) is 18.2 Å². The molecule has 2 atom stereocenters. The Hall–Kier alpha value is -1.11. The van der Waals surface area contributed by atoms with Crippen LogP contribution >= 0.6 is 0 Å². The summed E-state index contributed by atoms with van der Waals surface area (Å²) >= 11 is 0. The van der Waals surface area contributed by atoms with Gasteiger partial charge >= 0.3 is 0 Å². The van der Waals surface area contributed by atoms with Gasteiger partial charge in [-0.05, 0) is 13.8 Å². The first-order chi connectivity index (χ1) is 9.02. The van der Waals surface area contributed by atoms with Crippen molar-refractivity contribution in [2.75, 3.05) is 26.8 Å². The van der Waals surface area contributed by atoms with Crippen molar-refractivity contribution < 1.29 is 9.47 Å². The van der Waals surface area contributed by atoms with Gasteiger partial charge in [0.2, 0.25) is 5.88 Å². The molecule has 6 heteroatoms. The fraction of sp³-hybridized carbons (Fsp3) is 0.769. The molecule has 1 aliphatic rings. The predicted molar refractivity (Wildman–Crippen MR) is 73.2 cm³/mol. The van der Waals surface area contributed by atoms with E-state index in [2.05, 4.69) is 10.00 Å². The topological polar surface area (TPSA) is 65.5 Å². The number of rotatable bonds is 4. The highest BCUT2D eigenvalue weighted by Gasteiger charge is 2.25. The van der Waals surface area contributed by atoms with Gasteiger partial charge in [-0.3, -0.25) is 4.90 Å². The van der Waals surface area contributed by atoms with Crippen molar-refractivity contribution in [3.05, 3.63) is 11.3 Å². The Labute approximate surface area is 114 Å². The number of morpholine rings is 1. The molecule has 19 heavy (non-hydrogen) atoms. The van der Waals surface area contributed by atoms with Crippen molar-refractivity contribution in [2.24, 2.45) is 12.8 Å². The van der Waals surface area contributed by atoms with Crippen molar-refractivity contribution in [1.82, 2.24) is 14.7 Å². The summed E-state index contributed by atoms with van der Waals surface area (Å²) in [4.78, 5) is 2.35. The fourth-order valence-electron chi connectivity index (χ4n) is 2.54. The normalized spacial score (nSPS) is 22.5. The average Bonchev–Trinajstić information content (AvgIpc) is 2.64. The number of nitrogens with zero attached hydrogens (tertiary/aromatic N) is 3. The lowest BCUT2D eigenvalue weighted by Crippen LogP contribution is -2.49. The van der Waals surface area contributed by atoms with E-state index >= 15 is 0 Å². The summed E-state index contributed by atoms with van der Waals surface area (Å²) in [7, 11) is 3.59. The van der Waals surface area contributed by atoms with Crippen LogP contribution in [0.3, 0.4) is 0 Å². The average molecular weight is 268 g/mol. The van der Waals surface area contributed by atoms with Gasteiger partial charge in [-0.25, -0.2) is 4.68 Å². The quantitative estimate of drug-likeness (QED) is 0.850. The summed E-state index contributed by atoms with van der Waals surface area (Å²) in [6.45, 7) is 7.34. The Bertz CT molecular complexity index is 431. The third-order valence-electron chi connectivity index (χ3n) is 3.63. The van der Waals surface area contributed by atoms with Crippen molar-refractivity contribution in [3.8, 4) is 5.88 Å². The van der Waals surface area contributed by atoms with Crippen LogP contribution in [0.25, 0.3) is 0 Å². The smallest absolute Gasteiger partial charge is 0.216 e. The molecule has 0 radical (unpaired) electrons. The Balaban J connectivity index is 2.08. The zero-order valence-electron chi connectivity index (χ0n) is 12.2. The first kappa shape index (κ1) is 14.3. The molecule has 0 bridgehead atoms. The van der Waals surface area contributed by atoms with Gasteiger partial charge in [0.15, 0.2) is 0 Å². The monoisotopic (exact) mass is 268 g/mol.